The number of likely N-dealkylation sites (tertiary alicyclic amines) is 1. The molecule has 10 nitrogen and oxygen atoms in total. The minimum Gasteiger partial charge on any atom is -0.493 e. The standard InChI is InChI=1S/C28H31N3O7S/c1-3-37-21-10-6-5-9-20(21)29-25(32)18-38-22-12-11-19(15-23(22)36-2)16-24-27(34)31(28(35)39-24)17-26(33)30-13-7-4-8-14-30/h5-6,9-12,15-16H,3-4,7-8,13-14,17-18H2,1-2H3,(H,29,32)/b24-16+. The zero-order valence-corrected chi connectivity index (χ0v) is 22.8. The Bertz CT molecular complexity index is 1270. The number of carbonyl (C=O) groups is 4. The molecule has 0 aliphatic carbocycles. The van der Waals surface area contributed by atoms with E-state index in [4.69, 9.17) is 14.2 Å². The van der Waals surface area contributed by atoms with Gasteiger partial charge in [-0.25, -0.2) is 0 Å². The van der Waals surface area contributed by atoms with Crippen molar-refractivity contribution in [3.63, 3.8) is 0 Å². The molecule has 1 N–H and O–H groups in total. The number of nitrogens with zero attached hydrogens (tertiary/aromatic N) is 2. The number of hydrogen-bond acceptors (Lipinski definition) is 8. The van der Waals surface area contributed by atoms with Crippen molar-refractivity contribution >= 4 is 46.5 Å². The van der Waals surface area contributed by atoms with E-state index in [1.54, 1.807) is 47.4 Å². The molecule has 0 bridgehead atoms. The van der Waals surface area contributed by atoms with E-state index < -0.39 is 11.1 Å². The fourth-order valence-corrected chi connectivity index (χ4v) is 5.08. The van der Waals surface area contributed by atoms with E-state index in [1.165, 1.54) is 7.11 Å². The van der Waals surface area contributed by atoms with E-state index in [2.05, 4.69) is 5.32 Å². The summed E-state index contributed by atoms with van der Waals surface area (Å²) < 4.78 is 16.6. The first-order chi connectivity index (χ1) is 18.9. The molecular formula is C28H31N3O7S. The lowest BCUT2D eigenvalue weighted by atomic mass is 10.1. The Labute approximate surface area is 231 Å². The second-order valence-corrected chi connectivity index (χ2v) is 9.88. The fourth-order valence-electron chi connectivity index (χ4n) is 4.24. The molecular weight excluding hydrogens is 522 g/mol. The van der Waals surface area contributed by atoms with Gasteiger partial charge in [0.1, 0.15) is 12.3 Å². The number of ether oxygens (including phenoxy) is 3. The molecule has 0 spiro atoms. The maximum absolute atomic E-state index is 12.9. The molecule has 2 aromatic rings. The number of nitrogens with one attached hydrogen (secondary N) is 1. The molecule has 206 valence electrons. The van der Waals surface area contributed by atoms with Crippen molar-refractivity contribution < 1.29 is 33.4 Å². The summed E-state index contributed by atoms with van der Waals surface area (Å²) in [6.45, 7) is 3.12. The SMILES string of the molecule is CCOc1ccccc1NC(=O)COc1ccc(/C=C2/SC(=O)N(CC(=O)N3CCCCC3)C2=O)cc1OC. The third kappa shape index (κ3) is 7.11. The number of benzene rings is 2. The molecule has 2 aliphatic heterocycles. The van der Waals surface area contributed by atoms with E-state index in [0.29, 0.717) is 48.2 Å². The first kappa shape index (κ1) is 28.0. The highest BCUT2D eigenvalue weighted by atomic mass is 32.2. The number of imide groups is 1. The lowest BCUT2D eigenvalue weighted by molar-refractivity contribution is -0.136. The average molecular weight is 554 g/mol. The summed E-state index contributed by atoms with van der Waals surface area (Å²) in [6.07, 6.45) is 4.51. The Morgan fingerprint density at radius 2 is 1.77 bits per heavy atom. The number of methoxy groups -OCH3 is 1. The average Bonchev–Trinajstić information content (AvgIpc) is 3.21. The van der Waals surface area contributed by atoms with E-state index in [-0.39, 0.29) is 29.9 Å². The molecule has 4 amide bonds. The molecule has 39 heavy (non-hydrogen) atoms. The van der Waals surface area contributed by atoms with Crippen LogP contribution in [-0.2, 0) is 14.4 Å². The Balaban J connectivity index is 1.38. The van der Waals surface area contributed by atoms with Crippen LogP contribution in [0.3, 0.4) is 0 Å². The van der Waals surface area contributed by atoms with Crippen LogP contribution in [0.25, 0.3) is 6.08 Å². The van der Waals surface area contributed by atoms with Crippen molar-refractivity contribution in [3.05, 3.63) is 52.9 Å². The first-order valence-corrected chi connectivity index (χ1v) is 13.6. The number of thioether (sulfide) groups is 1. The molecule has 2 aliphatic rings. The number of amides is 4. The maximum atomic E-state index is 12.9. The van der Waals surface area contributed by atoms with Crippen LogP contribution in [0.15, 0.2) is 47.4 Å². The zero-order valence-electron chi connectivity index (χ0n) is 21.9. The number of hydrogen-bond donors (Lipinski definition) is 1. The monoisotopic (exact) mass is 553 g/mol. The third-order valence-corrected chi connectivity index (χ3v) is 7.09. The van der Waals surface area contributed by atoms with Gasteiger partial charge in [0.25, 0.3) is 17.1 Å². The zero-order chi connectivity index (χ0) is 27.8. The highest BCUT2D eigenvalue weighted by Crippen LogP contribution is 2.35. The summed E-state index contributed by atoms with van der Waals surface area (Å²) in [5, 5.41) is 2.30. The quantitative estimate of drug-likeness (QED) is 0.437. The number of rotatable bonds is 10. The van der Waals surface area contributed by atoms with Crippen molar-refractivity contribution in [2.24, 2.45) is 0 Å². The van der Waals surface area contributed by atoms with Crippen molar-refractivity contribution in [1.82, 2.24) is 9.80 Å². The molecule has 0 radical (unpaired) electrons. The molecule has 2 fully saturated rings. The van der Waals surface area contributed by atoms with Gasteiger partial charge in [-0.2, -0.15) is 0 Å². The van der Waals surface area contributed by atoms with Crippen LogP contribution < -0.4 is 19.5 Å². The number of carbonyl (C=O) groups excluding carboxylic acids is 4. The van der Waals surface area contributed by atoms with Crippen LogP contribution in [0.1, 0.15) is 31.7 Å². The summed E-state index contributed by atoms with van der Waals surface area (Å²) in [4.78, 5) is 53.3. The van der Waals surface area contributed by atoms with E-state index in [1.807, 2.05) is 13.0 Å². The third-order valence-electron chi connectivity index (χ3n) is 6.18. The summed E-state index contributed by atoms with van der Waals surface area (Å²) in [6, 6.07) is 12.1. The van der Waals surface area contributed by atoms with Crippen LogP contribution in [0.4, 0.5) is 10.5 Å². The number of piperidine rings is 1. The Morgan fingerprint density at radius 3 is 2.51 bits per heavy atom. The van der Waals surface area contributed by atoms with Crippen molar-refractivity contribution in [2.75, 3.05) is 45.3 Å². The van der Waals surface area contributed by atoms with Crippen LogP contribution in [0, 0.1) is 0 Å². The molecule has 2 saturated heterocycles. The largest absolute Gasteiger partial charge is 0.493 e. The Kier molecular flexibility index (Phi) is 9.48. The molecule has 2 heterocycles. The van der Waals surface area contributed by atoms with Gasteiger partial charge in [0.2, 0.25) is 5.91 Å². The highest BCUT2D eigenvalue weighted by Gasteiger charge is 2.37. The van der Waals surface area contributed by atoms with Gasteiger partial charge in [-0.3, -0.25) is 24.1 Å². The second-order valence-electron chi connectivity index (χ2n) is 8.89. The summed E-state index contributed by atoms with van der Waals surface area (Å²) in [7, 11) is 1.46. The first-order valence-electron chi connectivity index (χ1n) is 12.7. The van der Waals surface area contributed by atoms with Gasteiger partial charge in [-0.05, 0) is 73.9 Å². The fraction of sp³-hybridized carbons (Fsp3) is 0.357. The maximum Gasteiger partial charge on any atom is 0.294 e. The van der Waals surface area contributed by atoms with Crippen molar-refractivity contribution in [1.29, 1.82) is 0 Å². The molecule has 11 heteroatoms. The van der Waals surface area contributed by atoms with E-state index >= 15 is 0 Å². The summed E-state index contributed by atoms with van der Waals surface area (Å²) >= 11 is 0.795. The predicted molar refractivity (Wildman–Crippen MR) is 148 cm³/mol. The van der Waals surface area contributed by atoms with Gasteiger partial charge in [-0.1, -0.05) is 18.2 Å². The van der Waals surface area contributed by atoms with Crippen LogP contribution in [-0.4, -0.2) is 72.7 Å². The minimum absolute atomic E-state index is 0.216. The number of anilines is 1. The smallest absolute Gasteiger partial charge is 0.294 e. The highest BCUT2D eigenvalue weighted by molar-refractivity contribution is 8.18. The molecule has 4 rings (SSSR count). The van der Waals surface area contributed by atoms with E-state index in [0.717, 1.165) is 35.9 Å². The van der Waals surface area contributed by atoms with Gasteiger partial charge in [0.05, 0.1) is 24.3 Å². The van der Waals surface area contributed by atoms with Crippen molar-refractivity contribution in [3.8, 4) is 17.2 Å². The lowest BCUT2D eigenvalue weighted by Gasteiger charge is -2.27. The molecule has 0 aromatic heterocycles. The number of para-hydroxylation sites is 2. The summed E-state index contributed by atoms with van der Waals surface area (Å²) in [5.74, 6) is 0.163. The molecule has 0 unspecified atom stereocenters. The minimum atomic E-state index is -0.501. The van der Waals surface area contributed by atoms with Crippen LogP contribution in [0.5, 0.6) is 17.2 Å². The van der Waals surface area contributed by atoms with Gasteiger partial charge < -0.3 is 24.4 Å². The molecule has 2 aromatic carbocycles. The normalized spacial score (nSPS) is 16.4. The Morgan fingerprint density at radius 1 is 1.00 bits per heavy atom. The van der Waals surface area contributed by atoms with Crippen LogP contribution >= 0.6 is 11.8 Å². The predicted octanol–water partition coefficient (Wildman–Crippen LogP) is 4.16. The Hall–Kier alpha value is -3.99. The molecule has 0 saturated carbocycles. The van der Waals surface area contributed by atoms with E-state index in [9.17, 15) is 19.2 Å². The van der Waals surface area contributed by atoms with Crippen LogP contribution in [0.2, 0.25) is 0 Å². The molecule has 0 atom stereocenters. The summed E-state index contributed by atoms with van der Waals surface area (Å²) in [5.41, 5.74) is 1.14. The van der Waals surface area contributed by atoms with Gasteiger partial charge in [0.15, 0.2) is 18.1 Å². The van der Waals surface area contributed by atoms with Gasteiger partial charge in [-0.15, -0.1) is 0 Å². The topological polar surface area (TPSA) is 114 Å². The lowest BCUT2D eigenvalue weighted by Crippen LogP contribution is -2.44. The second kappa shape index (κ2) is 13.2. The van der Waals surface area contributed by atoms with Gasteiger partial charge >= 0.3 is 0 Å². The van der Waals surface area contributed by atoms with Gasteiger partial charge in [0, 0.05) is 13.1 Å². The van der Waals surface area contributed by atoms with Crippen molar-refractivity contribution in [2.45, 2.75) is 26.2 Å².